The molecule has 8 heteroatoms. The summed E-state index contributed by atoms with van der Waals surface area (Å²) in [6, 6.07) is 8.80. The van der Waals surface area contributed by atoms with E-state index in [-0.39, 0.29) is 6.54 Å². The molecule has 0 radical (unpaired) electrons. The van der Waals surface area contributed by atoms with E-state index in [1.807, 2.05) is 0 Å². The predicted octanol–water partition coefficient (Wildman–Crippen LogP) is 3.62. The number of aliphatic hydroxyl groups is 1. The SMILES string of the molecule is CC(O)(CNC(=O)Nc1cccc(SC(F)F)c1)c1ccco1. The van der Waals surface area contributed by atoms with Crippen molar-refractivity contribution in [3.05, 3.63) is 48.4 Å². The maximum Gasteiger partial charge on any atom is 0.319 e. The predicted molar refractivity (Wildman–Crippen MR) is 83.6 cm³/mol. The van der Waals surface area contributed by atoms with Crippen molar-refractivity contribution in [3.8, 4) is 0 Å². The first-order valence-corrected chi connectivity index (χ1v) is 7.61. The molecule has 0 bridgehead atoms. The number of hydrogen-bond donors (Lipinski definition) is 3. The Morgan fingerprint density at radius 3 is 2.83 bits per heavy atom. The van der Waals surface area contributed by atoms with Gasteiger partial charge in [-0.15, -0.1) is 0 Å². The van der Waals surface area contributed by atoms with E-state index in [9.17, 15) is 18.7 Å². The molecule has 1 heterocycles. The molecule has 0 spiro atoms. The summed E-state index contributed by atoms with van der Waals surface area (Å²) in [6.07, 6.45) is 1.43. The first-order chi connectivity index (χ1) is 10.9. The van der Waals surface area contributed by atoms with Gasteiger partial charge in [-0.1, -0.05) is 17.8 Å². The molecule has 0 saturated carbocycles. The summed E-state index contributed by atoms with van der Waals surface area (Å²) in [7, 11) is 0. The summed E-state index contributed by atoms with van der Waals surface area (Å²) < 4.78 is 29.8. The van der Waals surface area contributed by atoms with Crippen LogP contribution in [0.5, 0.6) is 0 Å². The van der Waals surface area contributed by atoms with Crippen molar-refractivity contribution in [2.75, 3.05) is 11.9 Å². The van der Waals surface area contributed by atoms with Gasteiger partial charge in [-0.3, -0.25) is 0 Å². The zero-order valence-corrected chi connectivity index (χ0v) is 13.1. The molecular formula is C15H16F2N2O3S. The topological polar surface area (TPSA) is 74.5 Å². The fraction of sp³-hybridized carbons (Fsp3) is 0.267. The van der Waals surface area contributed by atoms with Crippen LogP contribution < -0.4 is 10.6 Å². The van der Waals surface area contributed by atoms with Crippen LogP contribution in [0, 0.1) is 0 Å². The summed E-state index contributed by atoms with van der Waals surface area (Å²) in [5, 5.41) is 15.2. The van der Waals surface area contributed by atoms with Gasteiger partial charge in [0, 0.05) is 10.6 Å². The van der Waals surface area contributed by atoms with Crippen molar-refractivity contribution in [2.45, 2.75) is 23.2 Å². The number of carbonyl (C=O) groups excluding carboxylic acids is 1. The summed E-state index contributed by atoms with van der Waals surface area (Å²) in [4.78, 5) is 12.2. The smallest absolute Gasteiger partial charge is 0.319 e. The molecule has 0 aliphatic heterocycles. The maximum absolute atomic E-state index is 12.3. The minimum atomic E-state index is -2.53. The summed E-state index contributed by atoms with van der Waals surface area (Å²) in [6.45, 7) is 1.43. The molecule has 2 amide bonds. The zero-order chi connectivity index (χ0) is 16.9. The lowest BCUT2D eigenvalue weighted by molar-refractivity contribution is 0.0372. The van der Waals surface area contributed by atoms with Gasteiger partial charge in [0.25, 0.3) is 5.76 Å². The van der Waals surface area contributed by atoms with Gasteiger partial charge in [-0.2, -0.15) is 8.78 Å². The molecule has 1 aromatic carbocycles. The fourth-order valence-corrected chi connectivity index (χ4v) is 2.41. The first-order valence-electron chi connectivity index (χ1n) is 6.73. The van der Waals surface area contributed by atoms with Crippen molar-refractivity contribution in [2.24, 2.45) is 0 Å². The maximum atomic E-state index is 12.3. The second-order valence-electron chi connectivity index (χ2n) is 4.97. The van der Waals surface area contributed by atoms with Crippen molar-refractivity contribution in [1.29, 1.82) is 0 Å². The van der Waals surface area contributed by atoms with Crippen molar-refractivity contribution < 1.29 is 23.1 Å². The van der Waals surface area contributed by atoms with E-state index in [1.165, 1.54) is 25.3 Å². The van der Waals surface area contributed by atoms with Crippen LogP contribution >= 0.6 is 11.8 Å². The number of thioether (sulfide) groups is 1. The number of nitrogens with one attached hydrogen (secondary N) is 2. The Balaban J connectivity index is 1.90. The van der Waals surface area contributed by atoms with E-state index in [1.54, 1.807) is 24.3 Å². The number of halogens is 2. The van der Waals surface area contributed by atoms with Gasteiger partial charge in [0.05, 0.1) is 12.8 Å². The Kier molecular flexibility index (Phi) is 5.62. The highest BCUT2D eigenvalue weighted by molar-refractivity contribution is 7.99. The zero-order valence-electron chi connectivity index (χ0n) is 12.3. The van der Waals surface area contributed by atoms with Crippen molar-refractivity contribution >= 4 is 23.5 Å². The fourth-order valence-electron chi connectivity index (χ4n) is 1.85. The Morgan fingerprint density at radius 2 is 2.17 bits per heavy atom. The molecule has 0 fully saturated rings. The molecule has 3 N–H and O–H groups in total. The third kappa shape index (κ3) is 5.26. The molecule has 0 aliphatic carbocycles. The lowest BCUT2D eigenvalue weighted by Crippen LogP contribution is -2.40. The number of benzene rings is 1. The minimum Gasteiger partial charge on any atom is -0.466 e. The Labute approximate surface area is 136 Å². The first kappa shape index (κ1) is 17.3. The Bertz CT molecular complexity index is 648. The monoisotopic (exact) mass is 342 g/mol. The van der Waals surface area contributed by atoms with Crippen LogP contribution in [-0.4, -0.2) is 23.4 Å². The van der Waals surface area contributed by atoms with Crippen LogP contribution in [0.2, 0.25) is 0 Å². The Morgan fingerprint density at radius 1 is 1.39 bits per heavy atom. The second-order valence-corrected chi connectivity index (χ2v) is 6.03. The van der Waals surface area contributed by atoms with Crippen molar-refractivity contribution in [3.63, 3.8) is 0 Å². The third-order valence-electron chi connectivity index (χ3n) is 2.96. The largest absolute Gasteiger partial charge is 0.466 e. The van der Waals surface area contributed by atoms with Gasteiger partial charge < -0.3 is 20.2 Å². The molecule has 0 saturated heterocycles. The van der Waals surface area contributed by atoms with Gasteiger partial charge in [0.2, 0.25) is 0 Å². The molecule has 2 rings (SSSR count). The summed E-state index contributed by atoms with van der Waals surface area (Å²) >= 11 is 0.398. The van der Waals surface area contributed by atoms with Gasteiger partial charge in [-0.25, -0.2) is 4.79 Å². The second kappa shape index (κ2) is 7.47. The van der Waals surface area contributed by atoms with Gasteiger partial charge in [0.1, 0.15) is 11.4 Å². The molecule has 124 valence electrons. The average molecular weight is 342 g/mol. The molecule has 0 aliphatic rings. The number of anilines is 1. The number of hydrogen-bond acceptors (Lipinski definition) is 4. The van der Waals surface area contributed by atoms with Crippen LogP contribution in [0.1, 0.15) is 12.7 Å². The van der Waals surface area contributed by atoms with E-state index < -0.39 is 17.4 Å². The average Bonchev–Trinajstić information content (AvgIpc) is 3.00. The van der Waals surface area contributed by atoms with E-state index >= 15 is 0 Å². The van der Waals surface area contributed by atoms with Crippen LogP contribution in [0.3, 0.4) is 0 Å². The minimum absolute atomic E-state index is 0.0716. The highest BCUT2D eigenvalue weighted by Gasteiger charge is 2.26. The van der Waals surface area contributed by atoms with E-state index in [0.717, 1.165) is 0 Å². The molecule has 1 unspecified atom stereocenters. The van der Waals surface area contributed by atoms with Gasteiger partial charge in [0.15, 0.2) is 0 Å². The van der Waals surface area contributed by atoms with E-state index in [2.05, 4.69) is 10.6 Å². The van der Waals surface area contributed by atoms with Crippen LogP contribution in [0.4, 0.5) is 19.3 Å². The Hall–Kier alpha value is -2.06. The number of alkyl halides is 2. The molecule has 5 nitrogen and oxygen atoms in total. The molecule has 1 aromatic heterocycles. The van der Waals surface area contributed by atoms with Gasteiger partial charge >= 0.3 is 6.03 Å². The highest BCUT2D eigenvalue weighted by atomic mass is 32.2. The number of furan rings is 1. The van der Waals surface area contributed by atoms with Crippen LogP contribution in [-0.2, 0) is 5.60 Å². The molecule has 1 atom stereocenters. The lowest BCUT2D eigenvalue weighted by atomic mass is 10.0. The molecule has 2 aromatic rings. The third-order valence-corrected chi connectivity index (χ3v) is 3.67. The standard InChI is InChI=1S/C15H16F2N2O3S/c1-15(21,12-6-3-7-22-12)9-18-14(20)19-10-4-2-5-11(8-10)23-13(16)17/h2-8,13,21H,9H2,1H3,(H2,18,19,20). The number of rotatable bonds is 6. The lowest BCUT2D eigenvalue weighted by Gasteiger charge is -2.21. The summed E-state index contributed by atoms with van der Waals surface area (Å²) in [5.41, 5.74) is -0.973. The molecular weight excluding hydrogens is 326 g/mol. The van der Waals surface area contributed by atoms with E-state index in [4.69, 9.17) is 4.42 Å². The van der Waals surface area contributed by atoms with Crippen LogP contribution in [0.15, 0.2) is 52.0 Å². The van der Waals surface area contributed by atoms with Crippen LogP contribution in [0.25, 0.3) is 0 Å². The normalized spacial score (nSPS) is 13.6. The number of urea groups is 1. The summed E-state index contributed by atoms with van der Waals surface area (Å²) in [5.74, 6) is -2.20. The highest BCUT2D eigenvalue weighted by Crippen LogP contribution is 2.27. The van der Waals surface area contributed by atoms with Crippen molar-refractivity contribution in [1.82, 2.24) is 5.32 Å². The quantitative estimate of drug-likeness (QED) is 0.701. The number of amides is 2. The number of carbonyl (C=O) groups is 1. The molecule has 23 heavy (non-hydrogen) atoms. The van der Waals surface area contributed by atoms with E-state index in [0.29, 0.717) is 28.1 Å². The van der Waals surface area contributed by atoms with Gasteiger partial charge in [-0.05, 0) is 37.3 Å².